The Morgan fingerprint density at radius 1 is 0.307 bits per heavy atom. The molecule has 0 aliphatic heterocycles. The highest BCUT2D eigenvalue weighted by molar-refractivity contribution is 6.17. The normalized spacial score (nSPS) is 11.5. The number of nitriles is 5. The minimum Gasteiger partial charge on any atom is -0.306 e. The summed E-state index contributed by atoms with van der Waals surface area (Å²) in [7, 11) is 0. The van der Waals surface area contributed by atoms with E-state index in [1.165, 1.54) is 0 Å². The first-order valence-corrected chi connectivity index (χ1v) is 24.3. The zero-order valence-corrected chi connectivity index (χ0v) is 39.9. The molecule has 0 saturated heterocycles. The number of benzene rings is 9. The van der Waals surface area contributed by atoms with Crippen molar-refractivity contribution in [2.75, 3.05) is 0 Å². The molecule has 0 saturated carbocycles. The van der Waals surface area contributed by atoms with Gasteiger partial charge in [0.25, 0.3) is 0 Å². The van der Waals surface area contributed by atoms with Crippen molar-refractivity contribution in [3.05, 3.63) is 222 Å². The maximum Gasteiger partial charge on any atom is 0.102 e. The summed E-state index contributed by atoms with van der Waals surface area (Å²) >= 11 is 0. The van der Waals surface area contributed by atoms with Gasteiger partial charge in [-0.3, -0.25) is 4.98 Å². The number of fused-ring (bicyclic) bond motifs is 12. The van der Waals surface area contributed by atoms with Crippen LogP contribution >= 0.6 is 0 Å². The Bertz CT molecular complexity index is 5100. The Hall–Kier alpha value is -11.2. The van der Waals surface area contributed by atoms with Crippen LogP contribution in [0.3, 0.4) is 0 Å². The Morgan fingerprint density at radius 3 is 0.973 bits per heavy atom. The van der Waals surface area contributed by atoms with Crippen molar-refractivity contribution in [3.63, 3.8) is 0 Å². The number of aromatic nitrogens is 5. The number of nitrogens with zero attached hydrogens (tertiary/aromatic N) is 10. The summed E-state index contributed by atoms with van der Waals surface area (Å²) in [6, 6.07) is 73.8. The van der Waals surface area contributed by atoms with Crippen molar-refractivity contribution in [1.29, 1.82) is 26.3 Å². The van der Waals surface area contributed by atoms with Crippen molar-refractivity contribution < 1.29 is 0 Å². The van der Waals surface area contributed by atoms with E-state index >= 15 is 0 Å². The molecule has 0 spiro atoms. The van der Waals surface area contributed by atoms with Gasteiger partial charge in [0.15, 0.2) is 0 Å². The third-order valence-electron chi connectivity index (χ3n) is 14.8. The standard InChI is InChI=1S/C65H34N10/c1-38-11-10-16-52(71-38)61-51(37-70)62(72-53-17-6-2-12-43(53)47-29-39(33-66)21-25-57(47)72)64(74-55-19-8-4-14-45(55)49-31-41(35-68)23-27-59(49)74)65(75-56-20-9-5-15-46(56)50-32-42(36-69)24-28-60(50)75)63(61)73-54-18-7-3-13-44(54)48-30-40(34-67)22-26-58(48)73/h2-32H,1H3. The summed E-state index contributed by atoms with van der Waals surface area (Å²) in [5, 5.41) is 61.1. The summed E-state index contributed by atoms with van der Waals surface area (Å²) in [5.74, 6) is 0. The SMILES string of the molecule is Cc1cccc(-c2c(C#N)c(-n3c4ccccc4c4cc(C#N)ccc43)c(-n3c4ccccc4c4cc(C#N)ccc43)c(-n3c4ccccc4c4cc(C#N)ccc43)c2-n2c3ccccc3c3cc(C#N)ccc32)n1. The van der Waals surface area contributed by atoms with E-state index in [2.05, 4.69) is 97.1 Å². The summed E-state index contributed by atoms with van der Waals surface area (Å²) in [6.45, 7) is 1.95. The summed E-state index contributed by atoms with van der Waals surface area (Å²) < 4.78 is 8.91. The fourth-order valence-electron chi connectivity index (χ4n) is 11.7. The average molecular weight is 955 g/mol. The first-order chi connectivity index (χ1) is 36.9. The van der Waals surface area contributed by atoms with Crippen LogP contribution in [0.15, 0.2) is 188 Å². The van der Waals surface area contributed by atoms with Crippen LogP contribution < -0.4 is 0 Å². The summed E-state index contributed by atoms with van der Waals surface area (Å²) in [6.07, 6.45) is 0. The molecule has 0 radical (unpaired) electrons. The van der Waals surface area contributed by atoms with Gasteiger partial charge in [-0.2, -0.15) is 26.3 Å². The molecule has 0 N–H and O–H groups in total. The summed E-state index contributed by atoms with van der Waals surface area (Å²) in [5.41, 5.74) is 13.1. The summed E-state index contributed by atoms with van der Waals surface area (Å²) in [4.78, 5) is 5.33. The maximum absolute atomic E-state index is 12.5. The third-order valence-corrected chi connectivity index (χ3v) is 14.8. The average Bonchev–Trinajstić information content (AvgIpc) is 4.18. The van der Waals surface area contributed by atoms with Gasteiger partial charge in [0.05, 0.1) is 125 Å². The number of para-hydroxylation sites is 4. The quantitative estimate of drug-likeness (QED) is 0.167. The minimum atomic E-state index is 0.320. The molecule has 0 atom stereocenters. The molecule has 10 nitrogen and oxygen atoms in total. The van der Waals surface area contributed by atoms with Gasteiger partial charge >= 0.3 is 0 Å². The predicted octanol–water partition coefficient (Wildman–Crippen LogP) is 14.8. The van der Waals surface area contributed by atoms with E-state index in [1.807, 2.05) is 146 Å². The number of rotatable bonds is 5. The molecule has 0 amide bonds. The zero-order chi connectivity index (χ0) is 50.6. The van der Waals surface area contributed by atoms with E-state index in [1.54, 1.807) is 0 Å². The molecular weight excluding hydrogens is 921 g/mol. The van der Waals surface area contributed by atoms with Crippen LogP contribution in [-0.4, -0.2) is 23.3 Å². The van der Waals surface area contributed by atoms with Gasteiger partial charge in [0.2, 0.25) is 0 Å². The Balaban J connectivity index is 1.38. The van der Waals surface area contributed by atoms with Crippen molar-refractivity contribution in [2.24, 2.45) is 0 Å². The van der Waals surface area contributed by atoms with Crippen LogP contribution in [0.5, 0.6) is 0 Å². The molecule has 0 aliphatic rings. The lowest BCUT2D eigenvalue weighted by Crippen LogP contribution is -2.17. The molecule has 0 fully saturated rings. The molecule has 0 aliphatic carbocycles. The molecule has 0 unspecified atom stereocenters. The Labute approximate surface area is 427 Å². The van der Waals surface area contributed by atoms with Gasteiger partial charge in [-0.05, 0) is 116 Å². The topological polar surface area (TPSA) is 152 Å². The second-order valence-corrected chi connectivity index (χ2v) is 18.7. The Morgan fingerprint density at radius 2 is 0.627 bits per heavy atom. The number of hydrogen-bond acceptors (Lipinski definition) is 6. The molecular formula is C65H34N10. The van der Waals surface area contributed by atoms with E-state index < -0.39 is 0 Å². The van der Waals surface area contributed by atoms with Gasteiger partial charge in [-0.1, -0.05) is 78.9 Å². The van der Waals surface area contributed by atoms with E-state index in [0.29, 0.717) is 61.8 Å². The lowest BCUT2D eigenvalue weighted by molar-refractivity contribution is 1.02. The molecule has 14 rings (SSSR count). The lowest BCUT2D eigenvalue weighted by atomic mass is 9.94. The van der Waals surface area contributed by atoms with E-state index in [-0.39, 0.29) is 0 Å². The second kappa shape index (κ2) is 16.2. The fraction of sp³-hybridized carbons (Fsp3) is 0.0154. The molecule has 75 heavy (non-hydrogen) atoms. The van der Waals surface area contributed by atoms with Crippen LogP contribution in [0.1, 0.15) is 33.5 Å². The molecule has 14 aromatic rings. The Kier molecular flexibility index (Phi) is 9.19. The minimum absolute atomic E-state index is 0.320. The van der Waals surface area contributed by atoms with Gasteiger partial charge in [-0.15, -0.1) is 0 Å². The first-order valence-electron chi connectivity index (χ1n) is 24.3. The van der Waals surface area contributed by atoms with Gasteiger partial charge in [0.1, 0.15) is 6.07 Å². The highest BCUT2D eigenvalue weighted by Gasteiger charge is 2.35. The van der Waals surface area contributed by atoms with Crippen molar-refractivity contribution in [1.82, 2.24) is 23.3 Å². The monoisotopic (exact) mass is 954 g/mol. The molecule has 5 heterocycles. The van der Waals surface area contributed by atoms with Crippen molar-refractivity contribution in [2.45, 2.75) is 6.92 Å². The second-order valence-electron chi connectivity index (χ2n) is 18.7. The lowest BCUT2D eigenvalue weighted by Gasteiger charge is -2.29. The fourth-order valence-corrected chi connectivity index (χ4v) is 11.7. The smallest absolute Gasteiger partial charge is 0.102 e. The zero-order valence-electron chi connectivity index (χ0n) is 39.9. The van der Waals surface area contributed by atoms with Crippen LogP contribution in [0.4, 0.5) is 0 Å². The molecule has 5 aromatic heterocycles. The van der Waals surface area contributed by atoms with Crippen LogP contribution in [-0.2, 0) is 0 Å². The molecule has 344 valence electrons. The molecule has 0 bridgehead atoms. The van der Waals surface area contributed by atoms with Crippen LogP contribution in [0.25, 0.3) is 121 Å². The van der Waals surface area contributed by atoms with Crippen LogP contribution in [0.2, 0.25) is 0 Å². The number of hydrogen-bond donors (Lipinski definition) is 0. The van der Waals surface area contributed by atoms with Gasteiger partial charge in [-0.25, -0.2) is 0 Å². The number of aryl methyl sites for hydroxylation is 1. The number of pyridine rings is 1. The maximum atomic E-state index is 12.5. The largest absolute Gasteiger partial charge is 0.306 e. The van der Waals surface area contributed by atoms with Gasteiger partial charge < -0.3 is 18.3 Å². The highest BCUT2D eigenvalue weighted by atomic mass is 15.1. The van der Waals surface area contributed by atoms with Crippen molar-refractivity contribution >= 4 is 87.2 Å². The van der Waals surface area contributed by atoms with Crippen LogP contribution in [0, 0.1) is 63.6 Å². The highest BCUT2D eigenvalue weighted by Crippen LogP contribution is 2.51. The first kappa shape index (κ1) is 42.6. The van der Waals surface area contributed by atoms with Gasteiger partial charge in [0, 0.05) is 54.3 Å². The van der Waals surface area contributed by atoms with Crippen molar-refractivity contribution in [3.8, 4) is 64.4 Å². The van der Waals surface area contributed by atoms with E-state index in [4.69, 9.17) is 4.98 Å². The molecule has 10 heteroatoms. The van der Waals surface area contributed by atoms with E-state index in [0.717, 1.165) is 92.9 Å². The predicted molar refractivity (Wildman–Crippen MR) is 295 cm³/mol. The molecule has 9 aromatic carbocycles. The van der Waals surface area contributed by atoms with E-state index in [9.17, 15) is 26.3 Å². The third kappa shape index (κ3) is 5.99.